The Morgan fingerprint density at radius 2 is 2.07 bits per heavy atom. The molecule has 0 aliphatic heterocycles. The van der Waals surface area contributed by atoms with Crippen molar-refractivity contribution in [3.8, 4) is 0 Å². The number of hydrogen-bond acceptors (Lipinski definition) is 3. The fourth-order valence-electron chi connectivity index (χ4n) is 2.94. The third-order valence-corrected chi connectivity index (χ3v) is 4.67. The Morgan fingerprint density at radius 3 is 2.78 bits per heavy atom. The fraction of sp³-hybridized carbons (Fsp3) is 0.421. The number of carbonyl (C=O) groups excluding carboxylic acids is 2. The van der Waals surface area contributed by atoms with Gasteiger partial charge in [-0.05, 0) is 44.2 Å². The molecule has 1 unspecified atom stereocenters. The molecular weight excluding hydrogens is 354 g/mol. The number of nitrogens with one attached hydrogen (secondary N) is 2. The molecule has 1 aromatic carbocycles. The molecule has 1 aliphatic rings. The van der Waals surface area contributed by atoms with E-state index in [4.69, 9.17) is 0 Å². The number of aromatic nitrogens is 2. The number of anilines is 1. The maximum Gasteiger partial charge on any atom is 0.254 e. The average Bonchev–Trinajstić information content (AvgIpc) is 3.38. The van der Waals surface area contributed by atoms with Crippen LogP contribution in [0.25, 0.3) is 0 Å². The van der Waals surface area contributed by atoms with Gasteiger partial charge in [-0.3, -0.25) is 9.59 Å². The SMILES string of the molecule is CC(C1CC1)n1nccc1NC(=O)CCCNC(=O)c1ccc(F)cc1F. The highest BCUT2D eigenvalue weighted by Gasteiger charge is 2.30. The second-order valence-electron chi connectivity index (χ2n) is 6.77. The maximum absolute atomic E-state index is 13.5. The van der Waals surface area contributed by atoms with Crippen molar-refractivity contribution < 1.29 is 18.4 Å². The van der Waals surface area contributed by atoms with Crippen molar-refractivity contribution in [3.05, 3.63) is 47.7 Å². The van der Waals surface area contributed by atoms with E-state index < -0.39 is 17.5 Å². The molecule has 2 aromatic rings. The van der Waals surface area contributed by atoms with Crippen molar-refractivity contribution in [2.45, 2.75) is 38.6 Å². The van der Waals surface area contributed by atoms with E-state index in [1.54, 1.807) is 12.3 Å². The van der Waals surface area contributed by atoms with Crippen molar-refractivity contribution in [3.63, 3.8) is 0 Å². The molecule has 0 bridgehead atoms. The first-order valence-electron chi connectivity index (χ1n) is 9.02. The minimum Gasteiger partial charge on any atom is -0.352 e. The van der Waals surface area contributed by atoms with E-state index in [1.165, 1.54) is 12.8 Å². The number of carbonyl (C=O) groups is 2. The van der Waals surface area contributed by atoms with Crippen molar-refractivity contribution in [2.75, 3.05) is 11.9 Å². The van der Waals surface area contributed by atoms with Crippen LogP contribution in [-0.4, -0.2) is 28.1 Å². The number of nitrogens with zero attached hydrogens (tertiary/aromatic N) is 2. The van der Waals surface area contributed by atoms with Gasteiger partial charge in [0.05, 0.1) is 17.8 Å². The highest BCUT2D eigenvalue weighted by atomic mass is 19.1. The first-order chi connectivity index (χ1) is 13.0. The van der Waals surface area contributed by atoms with Crippen LogP contribution in [0.2, 0.25) is 0 Å². The molecule has 1 aliphatic carbocycles. The Bertz CT molecular complexity index is 833. The normalized spacial score (nSPS) is 14.6. The van der Waals surface area contributed by atoms with E-state index in [1.807, 2.05) is 4.68 Å². The second-order valence-corrected chi connectivity index (χ2v) is 6.77. The van der Waals surface area contributed by atoms with Crippen LogP contribution in [0, 0.1) is 17.6 Å². The molecular formula is C19H22F2N4O2. The molecule has 1 atom stereocenters. The van der Waals surface area contributed by atoms with Gasteiger partial charge in [-0.25, -0.2) is 13.5 Å². The number of benzene rings is 1. The fourth-order valence-corrected chi connectivity index (χ4v) is 2.94. The quantitative estimate of drug-likeness (QED) is 0.694. The number of amides is 2. The summed E-state index contributed by atoms with van der Waals surface area (Å²) >= 11 is 0. The average molecular weight is 376 g/mol. The summed E-state index contributed by atoms with van der Waals surface area (Å²) in [6, 6.07) is 4.79. The molecule has 1 heterocycles. The first kappa shape index (κ1) is 19.0. The van der Waals surface area contributed by atoms with Gasteiger partial charge in [0.1, 0.15) is 17.5 Å². The van der Waals surface area contributed by atoms with Crippen molar-refractivity contribution in [1.82, 2.24) is 15.1 Å². The molecule has 2 N–H and O–H groups in total. The predicted octanol–water partition coefficient (Wildman–Crippen LogP) is 3.28. The number of rotatable bonds is 8. The summed E-state index contributed by atoms with van der Waals surface area (Å²) in [6.45, 7) is 2.30. The van der Waals surface area contributed by atoms with Crippen LogP contribution in [0.1, 0.15) is 49.0 Å². The zero-order valence-electron chi connectivity index (χ0n) is 15.0. The van der Waals surface area contributed by atoms with E-state index in [0.717, 1.165) is 12.1 Å². The Morgan fingerprint density at radius 1 is 1.30 bits per heavy atom. The predicted molar refractivity (Wildman–Crippen MR) is 96.2 cm³/mol. The second kappa shape index (κ2) is 8.28. The topological polar surface area (TPSA) is 76.0 Å². The summed E-state index contributed by atoms with van der Waals surface area (Å²) in [4.78, 5) is 24.0. The first-order valence-corrected chi connectivity index (χ1v) is 9.02. The van der Waals surface area contributed by atoms with Crippen LogP contribution in [0.4, 0.5) is 14.6 Å². The third kappa shape index (κ3) is 4.90. The Balaban J connectivity index is 1.42. The van der Waals surface area contributed by atoms with Gasteiger partial charge in [-0.1, -0.05) is 0 Å². The molecule has 8 heteroatoms. The molecule has 1 fully saturated rings. The largest absolute Gasteiger partial charge is 0.352 e. The van der Waals surface area contributed by atoms with Gasteiger partial charge in [0.15, 0.2) is 0 Å². The summed E-state index contributed by atoms with van der Waals surface area (Å²) in [5.41, 5.74) is -0.223. The van der Waals surface area contributed by atoms with Gasteiger partial charge in [-0.15, -0.1) is 0 Å². The van der Waals surface area contributed by atoms with Gasteiger partial charge in [0.2, 0.25) is 5.91 Å². The summed E-state index contributed by atoms with van der Waals surface area (Å²) in [5, 5.41) is 9.64. The maximum atomic E-state index is 13.5. The van der Waals surface area contributed by atoms with Gasteiger partial charge >= 0.3 is 0 Å². The summed E-state index contributed by atoms with van der Waals surface area (Å²) < 4.78 is 28.2. The van der Waals surface area contributed by atoms with Crippen molar-refractivity contribution >= 4 is 17.6 Å². The lowest BCUT2D eigenvalue weighted by Gasteiger charge is -2.15. The third-order valence-electron chi connectivity index (χ3n) is 4.67. The molecule has 3 rings (SSSR count). The molecule has 0 saturated heterocycles. The summed E-state index contributed by atoms with van der Waals surface area (Å²) in [6.07, 6.45) is 4.62. The molecule has 0 spiro atoms. The van der Waals surface area contributed by atoms with E-state index >= 15 is 0 Å². The molecule has 144 valence electrons. The van der Waals surface area contributed by atoms with Crippen LogP contribution in [0.5, 0.6) is 0 Å². The molecule has 0 radical (unpaired) electrons. The van der Waals surface area contributed by atoms with Gasteiger partial charge in [0.25, 0.3) is 5.91 Å². The highest BCUT2D eigenvalue weighted by Crippen LogP contribution is 2.40. The Kier molecular flexibility index (Phi) is 5.83. The molecule has 1 aromatic heterocycles. The van der Waals surface area contributed by atoms with Crippen LogP contribution in [0.3, 0.4) is 0 Å². The van der Waals surface area contributed by atoms with Gasteiger partial charge < -0.3 is 10.6 Å². The standard InChI is InChI=1S/C19H22F2N4O2/c1-12(13-4-5-13)25-17(8-10-23-25)24-18(26)3-2-9-22-19(27)15-7-6-14(20)11-16(15)21/h6-8,10-13H,2-5,9H2,1H3,(H,22,27)(H,24,26). The number of halogens is 2. The Labute approximate surface area is 155 Å². The number of hydrogen-bond donors (Lipinski definition) is 2. The van der Waals surface area contributed by atoms with Crippen LogP contribution in [-0.2, 0) is 4.79 Å². The van der Waals surface area contributed by atoms with Gasteiger partial charge in [-0.2, -0.15) is 5.10 Å². The van der Waals surface area contributed by atoms with Crippen LogP contribution in [0.15, 0.2) is 30.5 Å². The zero-order valence-corrected chi connectivity index (χ0v) is 15.0. The van der Waals surface area contributed by atoms with E-state index in [-0.39, 0.29) is 30.5 Å². The minimum atomic E-state index is -0.914. The van der Waals surface area contributed by atoms with E-state index in [0.29, 0.717) is 24.2 Å². The van der Waals surface area contributed by atoms with E-state index in [9.17, 15) is 18.4 Å². The summed E-state index contributed by atoms with van der Waals surface area (Å²) in [7, 11) is 0. The minimum absolute atomic E-state index is 0.179. The van der Waals surface area contributed by atoms with Crippen molar-refractivity contribution in [1.29, 1.82) is 0 Å². The van der Waals surface area contributed by atoms with Crippen LogP contribution >= 0.6 is 0 Å². The smallest absolute Gasteiger partial charge is 0.254 e. The van der Waals surface area contributed by atoms with Crippen molar-refractivity contribution in [2.24, 2.45) is 5.92 Å². The van der Waals surface area contributed by atoms with Gasteiger partial charge in [0, 0.05) is 25.1 Å². The molecule has 6 nitrogen and oxygen atoms in total. The lowest BCUT2D eigenvalue weighted by Crippen LogP contribution is -2.26. The zero-order chi connectivity index (χ0) is 19.4. The Hall–Kier alpha value is -2.77. The van der Waals surface area contributed by atoms with Crippen LogP contribution < -0.4 is 10.6 Å². The lowest BCUT2D eigenvalue weighted by molar-refractivity contribution is -0.116. The molecule has 2 amide bonds. The monoisotopic (exact) mass is 376 g/mol. The molecule has 27 heavy (non-hydrogen) atoms. The lowest BCUT2D eigenvalue weighted by atomic mass is 10.2. The molecule has 1 saturated carbocycles. The highest BCUT2D eigenvalue weighted by molar-refractivity contribution is 5.94. The van der Waals surface area contributed by atoms with E-state index in [2.05, 4.69) is 22.7 Å². The summed E-state index contributed by atoms with van der Waals surface area (Å²) in [5.74, 6) is -1.19.